The van der Waals surface area contributed by atoms with E-state index in [2.05, 4.69) is 15.3 Å². The summed E-state index contributed by atoms with van der Waals surface area (Å²) in [5.74, 6) is 0.895. The number of hydrogen-bond acceptors (Lipinski definition) is 7. The molecule has 1 saturated heterocycles. The largest absolute Gasteiger partial charge is 0.474 e. The summed E-state index contributed by atoms with van der Waals surface area (Å²) in [5, 5.41) is 4.14. The predicted octanol–water partition coefficient (Wildman–Crippen LogP) is 4.33. The van der Waals surface area contributed by atoms with E-state index in [4.69, 9.17) is 19.4 Å². The number of aryl methyl sites for hydroxylation is 1. The number of hydrogen-bond donors (Lipinski definition) is 2. The van der Waals surface area contributed by atoms with Crippen molar-refractivity contribution in [1.82, 2.24) is 24.8 Å². The fourth-order valence-electron chi connectivity index (χ4n) is 4.17. The van der Waals surface area contributed by atoms with Crippen molar-refractivity contribution in [3.05, 3.63) is 60.0 Å². The Labute approximate surface area is 203 Å². The molecule has 1 aliphatic rings. The van der Waals surface area contributed by atoms with Gasteiger partial charge < -0.3 is 24.7 Å². The monoisotopic (exact) mass is 472 g/mol. The maximum atomic E-state index is 12.3. The van der Waals surface area contributed by atoms with E-state index < -0.39 is 0 Å². The maximum absolute atomic E-state index is 12.3. The van der Waals surface area contributed by atoms with Gasteiger partial charge in [-0.2, -0.15) is 9.97 Å². The standard InChI is InChI=1S/C26H28N6O3/c1-16-14-18(25(33)32(2)3)4-5-21(16)29-26-30-23-22(20(15-28-23)17-6-10-27-11-7-17)24(31-26)35-19-8-12-34-13-9-19/h4-7,10-11,14-15,19H,8-9,12-13H2,1-3H3,(H2,28,29,30,31). The van der Waals surface area contributed by atoms with Gasteiger partial charge in [-0.3, -0.25) is 9.78 Å². The number of nitrogens with one attached hydrogen (secondary N) is 2. The van der Waals surface area contributed by atoms with Gasteiger partial charge in [0.2, 0.25) is 11.8 Å². The number of amides is 1. The van der Waals surface area contributed by atoms with Crippen LogP contribution in [0, 0.1) is 6.92 Å². The maximum Gasteiger partial charge on any atom is 0.253 e. The van der Waals surface area contributed by atoms with Gasteiger partial charge >= 0.3 is 0 Å². The van der Waals surface area contributed by atoms with E-state index in [1.807, 2.05) is 37.4 Å². The molecule has 1 aromatic carbocycles. The molecule has 0 radical (unpaired) electrons. The number of aromatic amines is 1. The third-order valence-corrected chi connectivity index (χ3v) is 6.06. The highest BCUT2D eigenvalue weighted by Crippen LogP contribution is 2.36. The Morgan fingerprint density at radius 2 is 1.91 bits per heavy atom. The van der Waals surface area contributed by atoms with Crippen molar-refractivity contribution in [3.8, 4) is 17.0 Å². The Hall–Kier alpha value is -3.98. The molecule has 0 saturated carbocycles. The average molecular weight is 473 g/mol. The highest BCUT2D eigenvalue weighted by Gasteiger charge is 2.22. The molecular formula is C26H28N6O3. The van der Waals surface area contributed by atoms with Gasteiger partial charge in [0.1, 0.15) is 11.8 Å². The molecule has 5 rings (SSSR count). The number of fused-ring (bicyclic) bond motifs is 1. The molecule has 1 amide bonds. The third-order valence-electron chi connectivity index (χ3n) is 6.06. The van der Waals surface area contributed by atoms with Crippen LogP contribution in [0.1, 0.15) is 28.8 Å². The second-order valence-electron chi connectivity index (χ2n) is 8.80. The van der Waals surface area contributed by atoms with Crippen LogP contribution in [0.15, 0.2) is 48.9 Å². The second-order valence-corrected chi connectivity index (χ2v) is 8.80. The molecule has 4 aromatic rings. The van der Waals surface area contributed by atoms with Gasteiger partial charge in [0.25, 0.3) is 5.91 Å². The zero-order valence-corrected chi connectivity index (χ0v) is 20.0. The summed E-state index contributed by atoms with van der Waals surface area (Å²) in [4.78, 5) is 30.8. The summed E-state index contributed by atoms with van der Waals surface area (Å²) in [7, 11) is 3.48. The van der Waals surface area contributed by atoms with E-state index in [0.29, 0.717) is 36.3 Å². The van der Waals surface area contributed by atoms with Crippen molar-refractivity contribution in [2.75, 3.05) is 32.6 Å². The Kier molecular flexibility index (Phi) is 6.33. The lowest BCUT2D eigenvalue weighted by Gasteiger charge is -2.23. The number of anilines is 2. The first kappa shape index (κ1) is 22.8. The molecule has 0 aliphatic carbocycles. The first-order valence-electron chi connectivity index (χ1n) is 11.6. The van der Waals surface area contributed by atoms with Crippen molar-refractivity contribution < 1.29 is 14.3 Å². The van der Waals surface area contributed by atoms with Crippen LogP contribution < -0.4 is 10.1 Å². The van der Waals surface area contributed by atoms with E-state index in [1.165, 1.54) is 0 Å². The van der Waals surface area contributed by atoms with Crippen molar-refractivity contribution in [3.63, 3.8) is 0 Å². The van der Waals surface area contributed by atoms with Crippen LogP contribution in [0.5, 0.6) is 5.88 Å². The Morgan fingerprint density at radius 3 is 2.63 bits per heavy atom. The highest BCUT2D eigenvalue weighted by molar-refractivity contribution is 5.98. The lowest BCUT2D eigenvalue weighted by molar-refractivity contribution is 0.0244. The van der Waals surface area contributed by atoms with Gasteiger partial charge in [0.05, 0.1) is 18.6 Å². The first-order valence-corrected chi connectivity index (χ1v) is 11.6. The molecule has 1 aliphatic heterocycles. The molecule has 0 unspecified atom stereocenters. The number of rotatable bonds is 6. The van der Waals surface area contributed by atoms with Gasteiger partial charge in [0, 0.05) is 62.3 Å². The summed E-state index contributed by atoms with van der Waals surface area (Å²) < 4.78 is 11.9. The quantitative estimate of drug-likeness (QED) is 0.430. The molecule has 9 nitrogen and oxygen atoms in total. The number of nitrogens with zero attached hydrogens (tertiary/aromatic N) is 4. The van der Waals surface area contributed by atoms with E-state index in [-0.39, 0.29) is 12.0 Å². The average Bonchev–Trinajstić information content (AvgIpc) is 3.30. The van der Waals surface area contributed by atoms with Gasteiger partial charge in [-0.15, -0.1) is 0 Å². The Balaban J connectivity index is 1.52. The fourth-order valence-corrected chi connectivity index (χ4v) is 4.17. The van der Waals surface area contributed by atoms with Crippen LogP contribution in [-0.4, -0.2) is 64.2 Å². The number of carbonyl (C=O) groups excluding carboxylic acids is 1. The molecular weight excluding hydrogens is 444 g/mol. The zero-order valence-electron chi connectivity index (χ0n) is 20.0. The van der Waals surface area contributed by atoms with E-state index >= 15 is 0 Å². The SMILES string of the molecule is Cc1cc(C(=O)N(C)C)ccc1Nc1nc(OC2CCOCC2)c2c(-c3ccncc3)c[nH]c2n1. The minimum Gasteiger partial charge on any atom is -0.474 e. The molecule has 1 fully saturated rings. The molecule has 0 bridgehead atoms. The van der Waals surface area contributed by atoms with Crippen LogP contribution >= 0.6 is 0 Å². The summed E-state index contributed by atoms with van der Waals surface area (Å²) in [6, 6.07) is 9.43. The normalized spacial score (nSPS) is 14.1. The summed E-state index contributed by atoms with van der Waals surface area (Å²) >= 11 is 0. The summed E-state index contributed by atoms with van der Waals surface area (Å²) in [6.07, 6.45) is 7.08. The molecule has 9 heteroatoms. The molecule has 0 atom stereocenters. The number of benzene rings is 1. The second kappa shape index (κ2) is 9.71. The molecule has 35 heavy (non-hydrogen) atoms. The zero-order chi connectivity index (χ0) is 24.4. The van der Waals surface area contributed by atoms with E-state index in [9.17, 15) is 4.79 Å². The molecule has 2 N–H and O–H groups in total. The van der Waals surface area contributed by atoms with Crippen LogP contribution in [-0.2, 0) is 4.74 Å². The van der Waals surface area contributed by atoms with Gasteiger partial charge in [-0.05, 0) is 48.4 Å². The van der Waals surface area contributed by atoms with Crippen molar-refractivity contribution in [1.29, 1.82) is 0 Å². The Morgan fingerprint density at radius 1 is 1.14 bits per heavy atom. The smallest absolute Gasteiger partial charge is 0.253 e. The number of aromatic nitrogens is 4. The molecule has 4 heterocycles. The predicted molar refractivity (Wildman–Crippen MR) is 134 cm³/mol. The van der Waals surface area contributed by atoms with Crippen molar-refractivity contribution in [2.24, 2.45) is 0 Å². The van der Waals surface area contributed by atoms with E-state index in [0.717, 1.165) is 40.6 Å². The number of ether oxygens (including phenoxy) is 2. The minimum atomic E-state index is -0.0421. The molecule has 0 spiro atoms. The van der Waals surface area contributed by atoms with Gasteiger partial charge in [-0.25, -0.2) is 0 Å². The third kappa shape index (κ3) is 4.81. The topological polar surface area (TPSA) is 105 Å². The number of pyridine rings is 1. The van der Waals surface area contributed by atoms with Crippen LogP contribution in [0.25, 0.3) is 22.2 Å². The fraction of sp³-hybridized carbons (Fsp3) is 0.308. The lowest BCUT2D eigenvalue weighted by atomic mass is 10.1. The lowest BCUT2D eigenvalue weighted by Crippen LogP contribution is -2.26. The van der Waals surface area contributed by atoms with Crippen molar-refractivity contribution in [2.45, 2.75) is 25.9 Å². The van der Waals surface area contributed by atoms with Crippen LogP contribution in [0.4, 0.5) is 11.6 Å². The van der Waals surface area contributed by atoms with Gasteiger partial charge in [-0.1, -0.05) is 0 Å². The van der Waals surface area contributed by atoms with E-state index in [1.54, 1.807) is 37.5 Å². The van der Waals surface area contributed by atoms with Crippen molar-refractivity contribution >= 4 is 28.6 Å². The van der Waals surface area contributed by atoms with Crippen LogP contribution in [0.3, 0.4) is 0 Å². The minimum absolute atomic E-state index is 0.0213. The Bertz CT molecular complexity index is 1350. The van der Waals surface area contributed by atoms with Gasteiger partial charge in [0.15, 0.2) is 0 Å². The summed E-state index contributed by atoms with van der Waals surface area (Å²) in [6.45, 7) is 3.29. The molecule has 180 valence electrons. The van der Waals surface area contributed by atoms with Crippen LogP contribution in [0.2, 0.25) is 0 Å². The number of H-pyrrole nitrogens is 1. The molecule has 3 aromatic heterocycles. The highest BCUT2D eigenvalue weighted by atomic mass is 16.5. The summed E-state index contributed by atoms with van der Waals surface area (Å²) in [5.41, 5.74) is 5.00. The first-order chi connectivity index (χ1) is 17.0. The number of carbonyl (C=O) groups is 1.